The molecule has 0 saturated heterocycles. The van der Waals surface area contributed by atoms with Crippen molar-refractivity contribution in [3.63, 3.8) is 0 Å². The molecule has 0 bridgehead atoms. The topological polar surface area (TPSA) is 54.6 Å². The number of hydrogen-bond donors (Lipinski definition) is 1. The lowest BCUT2D eigenvalue weighted by molar-refractivity contribution is -0.131. The van der Waals surface area contributed by atoms with Gasteiger partial charge < -0.3 is 5.11 Å². The molecule has 2 heterocycles. The second-order valence-electron chi connectivity index (χ2n) is 7.21. The molecule has 0 spiro atoms. The Morgan fingerprint density at radius 2 is 1.80 bits per heavy atom. The van der Waals surface area contributed by atoms with Crippen LogP contribution >= 0.6 is 0 Å². The number of aliphatic carboxylic acids is 1. The average molecular weight is 334 g/mol. The van der Waals surface area contributed by atoms with Crippen molar-refractivity contribution in [2.75, 3.05) is 0 Å². The summed E-state index contributed by atoms with van der Waals surface area (Å²) in [5.41, 5.74) is 5.68. The van der Waals surface area contributed by atoms with Crippen molar-refractivity contribution in [3.8, 4) is 11.3 Å². The Labute approximate surface area is 147 Å². The van der Waals surface area contributed by atoms with Crippen molar-refractivity contribution in [3.05, 3.63) is 65.5 Å². The molecule has 0 saturated carbocycles. The molecule has 0 aliphatic heterocycles. The zero-order chi connectivity index (χ0) is 18.2. The van der Waals surface area contributed by atoms with E-state index in [0.717, 1.165) is 34.4 Å². The molecule has 0 aliphatic carbocycles. The third kappa shape index (κ3) is 3.33. The van der Waals surface area contributed by atoms with Crippen molar-refractivity contribution in [1.29, 1.82) is 0 Å². The van der Waals surface area contributed by atoms with Crippen LogP contribution in [0.4, 0.5) is 0 Å². The maximum atomic E-state index is 11.0. The van der Waals surface area contributed by atoms with Crippen LogP contribution in [0.2, 0.25) is 0 Å². The third-order valence-corrected chi connectivity index (χ3v) is 4.28. The Balaban J connectivity index is 2.20. The largest absolute Gasteiger partial charge is 0.478 e. The Bertz CT molecular complexity index is 958. The number of carboxylic acids is 1. The number of nitrogens with zero attached hydrogens (tertiary/aromatic N) is 2. The zero-order valence-electron chi connectivity index (χ0n) is 14.9. The van der Waals surface area contributed by atoms with Crippen LogP contribution < -0.4 is 0 Å². The molecule has 0 radical (unpaired) electrons. The van der Waals surface area contributed by atoms with Gasteiger partial charge in [0, 0.05) is 17.3 Å². The number of rotatable bonds is 3. The second kappa shape index (κ2) is 6.20. The summed E-state index contributed by atoms with van der Waals surface area (Å²) in [6, 6.07) is 14.2. The van der Waals surface area contributed by atoms with Crippen LogP contribution in [0.3, 0.4) is 0 Å². The van der Waals surface area contributed by atoms with Gasteiger partial charge in [0.25, 0.3) is 0 Å². The van der Waals surface area contributed by atoms with E-state index in [9.17, 15) is 4.79 Å². The normalized spacial score (nSPS) is 12.2. The Hall–Kier alpha value is -2.88. The monoisotopic (exact) mass is 334 g/mol. The van der Waals surface area contributed by atoms with Crippen LogP contribution in [0.1, 0.15) is 37.7 Å². The molecule has 2 aromatic heterocycles. The van der Waals surface area contributed by atoms with Crippen molar-refractivity contribution in [2.45, 2.75) is 33.1 Å². The fourth-order valence-electron chi connectivity index (χ4n) is 2.93. The van der Waals surface area contributed by atoms with Gasteiger partial charge in [0.1, 0.15) is 5.65 Å². The maximum Gasteiger partial charge on any atom is 0.328 e. The van der Waals surface area contributed by atoms with E-state index in [4.69, 9.17) is 10.1 Å². The van der Waals surface area contributed by atoms with Gasteiger partial charge in [0.2, 0.25) is 0 Å². The minimum atomic E-state index is -0.974. The Morgan fingerprint density at radius 3 is 2.40 bits per heavy atom. The predicted octanol–water partition coefficient (Wildman–Crippen LogP) is 4.71. The summed E-state index contributed by atoms with van der Waals surface area (Å²) < 4.78 is 1.98. The average Bonchev–Trinajstić information content (AvgIpc) is 2.92. The van der Waals surface area contributed by atoms with Gasteiger partial charge in [-0.05, 0) is 36.1 Å². The first-order chi connectivity index (χ1) is 11.8. The summed E-state index contributed by atoms with van der Waals surface area (Å²) in [6.45, 7) is 8.52. The van der Waals surface area contributed by atoms with Crippen LogP contribution in [0.25, 0.3) is 23.0 Å². The van der Waals surface area contributed by atoms with E-state index >= 15 is 0 Å². The van der Waals surface area contributed by atoms with Crippen LogP contribution in [0, 0.1) is 6.92 Å². The fourth-order valence-corrected chi connectivity index (χ4v) is 2.93. The minimum absolute atomic E-state index is 0.0834. The summed E-state index contributed by atoms with van der Waals surface area (Å²) >= 11 is 0. The highest BCUT2D eigenvalue weighted by Crippen LogP contribution is 2.29. The van der Waals surface area contributed by atoms with Crippen LogP contribution in [-0.4, -0.2) is 20.5 Å². The number of carbonyl (C=O) groups is 1. The van der Waals surface area contributed by atoms with Crippen LogP contribution in [-0.2, 0) is 10.2 Å². The van der Waals surface area contributed by atoms with Gasteiger partial charge >= 0.3 is 5.97 Å². The van der Waals surface area contributed by atoms with Crippen LogP contribution in [0.5, 0.6) is 0 Å². The molecule has 1 aromatic carbocycles. The Kier molecular flexibility index (Phi) is 4.21. The number of benzene rings is 1. The Morgan fingerprint density at radius 1 is 1.12 bits per heavy atom. The van der Waals surface area contributed by atoms with Crippen molar-refractivity contribution in [2.24, 2.45) is 0 Å². The molecule has 4 heteroatoms. The van der Waals surface area contributed by atoms with Gasteiger partial charge in [-0.3, -0.25) is 4.40 Å². The highest BCUT2D eigenvalue weighted by Gasteiger charge is 2.16. The number of carboxylic acid groups (broad SMARTS) is 1. The molecule has 0 atom stereocenters. The number of aromatic nitrogens is 2. The highest BCUT2D eigenvalue weighted by molar-refractivity contribution is 5.87. The van der Waals surface area contributed by atoms with Gasteiger partial charge in [0.15, 0.2) is 0 Å². The molecular formula is C21H22N2O2. The quantitative estimate of drug-likeness (QED) is 0.706. The summed E-state index contributed by atoms with van der Waals surface area (Å²) in [7, 11) is 0. The molecule has 3 rings (SSSR count). The van der Waals surface area contributed by atoms with E-state index in [-0.39, 0.29) is 5.41 Å². The van der Waals surface area contributed by atoms with E-state index in [1.54, 1.807) is 6.08 Å². The number of aryl methyl sites for hydroxylation is 1. The van der Waals surface area contributed by atoms with E-state index in [1.165, 1.54) is 5.56 Å². The molecule has 0 amide bonds. The van der Waals surface area contributed by atoms with Gasteiger partial charge in [0.05, 0.1) is 11.4 Å². The van der Waals surface area contributed by atoms with Crippen molar-refractivity contribution in [1.82, 2.24) is 9.38 Å². The SMILES string of the molecule is Cc1cccc2nc(-c3ccc(C(C)(C)C)cc3)c(/C=C/C(=O)O)n12. The molecule has 0 aliphatic rings. The van der Waals surface area contributed by atoms with Gasteiger partial charge in [-0.2, -0.15) is 0 Å². The first kappa shape index (κ1) is 17.0. The van der Waals surface area contributed by atoms with Crippen molar-refractivity contribution < 1.29 is 9.90 Å². The summed E-state index contributed by atoms with van der Waals surface area (Å²) in [6.07, 6.45) is 2.77. The summed E-state index contributed by atoms with van der Waals surface area (Å²) in [5.74, 6) is -0.974. The molecule has 1 N–H and O–H groups in total. The molecular weight excluding hydrogens is 312 g/mol. The predicted molar refractivity (Wildman–Crippen MR) is 101 cm³/mol. The summed E-state index contributed by atoms with van der Waals surface area (Å²) in [5, 5.41) is 9.02. The molecule has 25 heavy (non-hydrogen) atoms. The van der Waals surface area contributed by atoms with E-state index < -0.39 is 5.97 Å². The second-order valence-corrected chi connectivity index (χ2v) is 7.21. The van der Waals surface area contributed by atoms with E-state index in [0.29, 0.717) is 0 Å². The molecule has 0 fully saturated rings. The fraction of sp³-hybridized carbons (Fsp3) is 0.238. The minimum Gasteiger partial charge on any atom is -0.478 e. The maximum absolute atomic E-state index is 11.0. The first-order valence-corrected chi connectivity index (χ1v) is 8.27. The van der Waals surface area contributed by atoms with E-state index in [1.807, 2.05) is 29.5 Å². The lowest BCUT2D eigenvalue weighted by Gasteiger charge is -2.19. The standard InChI is InChI=1S/C21H22N2O2/c1-14-6-5-7-18-22-20(17(23(14)18)12-13-19(24)25)15-8-10-16(11-9-15)21(2,3)4/h5-13H,1-4H3,(H,24,25)/b13-12+. The lowest BCUT2D eigenvalue weighted by atomic mass is 9.86. The van der Waals surface area contributed by atoms with Crippen LogP contribution in [0.15, 0.2) is 48.5 Å². The third-order valence-electron chi connectivity index (χ3n) is 4.28. The first-order valence-electron chi connectivity index (χ1n) is 8.27. The van der Waals surface area contributed by atoms with Gasteiger partial charge in [-0.1, -0.05) is 51.1 Å². The van der Waals surface area contributed by atoms with Gasteiger partial charge in [-0.25, -0.2) is 9.78 Å². The summed E-state index contributed by atoms with van der Waals surface area (Å²) in [4.78, 5) is 15.7. The number of imidazole rings is 1. The number of hydrogen-bond acceptors (Lipinski definition) is 2. The van der Waals surface area contributed by atoms with Gasteiger partial charge in [-0.15, -0.1) is 0 Å². The number of fused-ring (bicyclic) bond motifs is 1. The van der Waals surface area contributed by atoms with Crippen molar-refractivity contribution >= 4 is 17.7 Å². The molecule has 128 valence electrons. The zero-order valence-corrected chi connectivity index (χ0v) is 14.9. The highest BCUT2D eigenvalue weighted by atomic mass is 16.4. The molecule has 4 nitrogen and oxygen atoms in total. The van der Waals surface area contributed by atoms with E-state index in [2.05, 4.69) is 45.0 Å². The number of pyridine rings is 1. The molecule has 3 aromatic rings. The lowest BCUT2D eigenvalue weighted by Crippen LogP contribution is -2.10. The molecule has 0 unspecified atom stereocenters. The smallest absolute Gasteiger partial charge is 0.328 e.